The molecule has 1 aliphatic rings. The van der Waals surface area contributed by atoms with E-state index in [1.54, 1.807) is 0 Å². The van der Waals surface area contributed by atoms with Crippen molar-refractivity contribution in [1.82, 2.24) is 5.32 Å². The lowest BCUT2D eigenvalue weighted by atomic mass is 9.82. The van der Waals surface area contributed by atoms with Crippen molar-refractivity contribution in [3.05, 3.63) is 0 Å². The van der Waals surface area contributed by atoms with Crippen molar-refractivity contribution >= 4 is 5.91 Å². The summed E-state index contributed by atoms with van der Waals surface area (Å²) < 4.78 is 0. The molecule has 1 fully saturated rings. The van der Waals surface area contributed by atoms with Crippen LogP contribution in [0.2, 0.25) is 0 Å². The average Bonchev–Trinajstić information content (AvgIpc) is 2.28. The van der Waals surface area contributed by atoms with Crippen LogP contribution in [0.15, 0.2) is 0 Å². The van der Waals surface area contributed by atoms with E-state index in [4.69, 9.17) is 5.73 Å². The standard InChI is InChI=1S/C13H26N2O/c1-4-10-7-5-6-8-11(10)15-13(16)12(14)9(2)3/h9-12H,4-8,14H2,1-3H3,(H,15,16)/t10?,11?,12-/m1/s1. The maximum absolute atomic E-state index is 11.9. The van der Waals surface area contributed by atoms with E-state index in [2.05, 4.69) is 12.2 Å². The summed E-state index contributed by atoms with van der Waals surface area (Å²) in [5.41, 5.74) is 5.85. The summed E-state index contributed by atoms with van der Waals surface area (Å²) in [6.07, 6.45) is 6.06. The van der Waals surface area contributed by atoms with Crippen LogP contribution in [0.25, 0.3) is 0 Å². The van der Waals surface area contributed by atoms with Crippen LogP contribution in [0.5, 0.6) is 0 Å². The van der Waals surface area contributed by atoms with Gasteiger partial charge in [-0.1, -0.05) is 40.0 Å². The van der Waals surface area contributed by atoms with Crippen LogP contribution in [-0.4, -0.2) is 18.0 Å². The zero-order chi connectivity index (χ0) is 12.1. The van der Waals surface area contributed by atoms with Gasteiger partial charge in [-0.15, -0.1) is 0 Å². The Kier molecular flexibility index (Phi) is 5.26. The molecule has 1 rings (SSSR count). The lowest BCUT2D eigenvalue weighted by Gasteiger charge is -2.32. The third-order valence-corrected chi connectivity index (χ3v) is 3.78. The van der Waals surface area contributed by atoms with Gasteiger partial charge in [0, 0.05) is 6.04 Å². The van der Waals surface area contributed by atoms with Crippen molar-refractivity contribution in [1.29, 1.82) is 0 Å². The number of rotatable bonds is 4. The van der Waals surface area contributed by atoms with Gasteiger partial charge >= 0.3 is 0 Å². The predicted molar refractivity (Wildman–Crippen MR) is 67.0 cm³/mol. The minimum atomic E-state index is -0.362. The van der Waals surface area contributed by atoms with Crippen molar-refractivity contribution in [2.45, 2.75) is 65.0 Å². The Balaban J connectivity index is 2.48. The summed E-state index contributed by atoms with van der Waals surface area (Å²) in [6.45, 7) is 6.18. The lowest BCUT2D eigenvalue weighted by Crippen LogP contribution is -2.50. The summed E-state index contributed by atoms with van der Waals surface area (Å²) in [5.74, 6) is 0.890. The summed E-state index contributed by atoms with van der Waals surface area (Å²) in [4.78, 5) is 11.9. The lowest BCUT2D eigenvalue weighted by molar-refractivity contribution is -0.124. The monoisotopic (exact) mass is 226 g/mol. The molecular formula is C13H26N2O. The van der Waals surface area contributed by atoms with Gasteiger partial charge in [0.25, 0.3) is 0 Å². The molecule has 0 spiro atoms. The van der Waals surface area contributed by atoms with Crippen LogP contribution < -0.4 is 11.1 Å². The van der Waals surface area contributed by atoms with Crippen LogP contribution in [-0.2, 0) is 4.79 Å². The third kappa shape index (κ3) is 3.48. The molecule has 0 aromatic rings. The molecule has 1 saturated carbocycles. The van der Waals surface area contributed by atoms with Gasteiger partial charge in [-0.2, -0.15) is 0 Å². The normalized spacial score (nSPS) is 27.8. The predicted octanol–water partition coefficient (Wildman–Crippen LogP) is 2.05. The second-order valence-electron chi connectivity index (χ2n) is 5.34. The van der Waals surface area contributed by atoms with Crippen LogP contribution in [0.4, 0.5) is 0 Å². The first-order chi connectivity index (χ1) is 7.56. The van der Waals surface area contributed by atoms with Crippen molar-refractivity contribution in [3.8, 4) is 0 Å². The molecule has 0 heterocycles. The fourth-order valence-corrected chi connectivity index (χ4v) is 2.47. The number of amides is 1. The van der Waals surface area contributed by atoms with E-state index in [1.165, 1.54) is 19.3 Å². The molecule has 0 radical (unpaired) electrons. The highest BCUT2D eigenvalue weighted by molar-refractivity contribution is 5.82. The van der Waals surface area contributed by atoms with Crippen molar-refractivity contribution in [3.63, 3.8) is 0 Å². The highest BCUT2D eigenvalue weighted by Gasteiger charge is 2.27. The van der Waals surface area contributed by atoms with Crippen molar-refractivity contribution in [2.24, 2.45) is 17.6 Å². The second kappa shape index (κ2) is 6.24. The first kappa shape index (κ1) is 13.5. The van der Waals surface area contributed by atoms with Gasteiger partial charge in [-0.3, -0.25) is 4.79 Å². The van der Waals surface area contributed by atoms with E-state index < -0.39 is 0 Å². The Morgan fingerprint density at radius 1 is 1.38 bits per heavy atom. The molecule has 1 amide bonds. The van der Waals surface area contributed by atoms with Crippen molar-refractivity contribution < 1.29 is 4.79 Å². The highest BCUT2D eigenvalue weighted by atomic mass is 16.2. The summed E-state index contributed by atoms with van der Waals surface area (Å²) in [5, 5.41) is 3.14. The van der Waals surface area contributed by atoms with Crippen LogP contribution in [0.3, 0.4) is 0 Å². The Hall–Kier alpha value is -0.570. The number of carbonyl (C=O) groups excluding carboxylic acids is 1. The largest absolute Gasteiger partial charge is 0.352 e. The molecule has 0 aliphatic heterocycles. The Bertz CT molecular complexity index is 228. The molecule has 0 saturated heterocycles. The number of hydrogen-bond donors (Lipinski definition) is 2. The second-order valence-corrected chi connectivity index (χ2v) is 5.34. The smallest absolute Gasteiger partial charge is 0.237 e. The maximum atomic E-state index is 11.9. The Labute approximate surface area is 99.2 Å². The topological polar surface area (TPSA) is 55.1 Å². The minimum absolute atomic E-state index is 0.0281. The number of nitrogens with one attached hydrogen (secondary N) is 1. The quantitative estimate of drug-likeness (QED) is 0.771. The fraction of sp³-hybridized carbons (Fsp3) is 0.923. The number of hydrogen-bond acceptors (Lipinski definition) is 2. The van der Waals surface area contributed by atoms with Gasteiger partial charge in [0.2, 0.25) is 5.91 Å². The van der Waals surface area contributed by atoms with Crippen molar-refractivity contribution in [2.75, 3.05) is 0 Å². The SMILES string of the molecule is CCC1CCCCC1NC(=O)[C@H](N)C(C)C. The van der Waals surface area contributed by atoms with E-state index in [9.17, 15) is 4.79 Å². The van der Waals surface area contributed by atoms with Crippen LogP contribution in [0.1, 0.15) is 52.9 Å². The summed E-state index contributed by atoms with van der Waals surface area (Å²) in [7, 11) is 0. The summed E-state index contributed by atoms with van der Waals surface area (Å²) in [6, 6.07) is -0.00418. The Morgan fingerprint density at radius 3 is 2.56 bits per heavy atom. The van der Waals surface area contributed by atoms with Gasteiger partial charge in [0.05, 0.1) is 6.04 Å². The zero-order valence-corrected chi connectivity index (χ0v) is 10.8. The first-order valence-corrected chi connectivity index (χ1v) is 6.62. The van der Waals surface area contributed by atoms with Gasteiger partial charge < -0.3 is 11.1 Å². The molecule has 1 aliphatic carbocycles. The maximum Gasteiger partial charge on any atom is 0.237 e. The van der Waals surface area contributed by atoms with E-state index in [0.29, 0.717) is 12.0 Å². The first-order valence-electron chi connectivity index (χ1n) is 6.62. The van der Waals surface area contributed by atoms with Gasteiger partial charge in [0.15, 0.2) is 0 Å². The third-order valence-electron chi connectivity index (χ3n) is 3.78. The average molecular weight is 226 g/mol. The molecule has 3 heteroatoms. The zero-order valence-electron chi connectivity index (χ0n) is 10.8. The molecule has 0 bridgehead atoms. The summed E-state index contributed by atoms with van der Waals surface area (Å²) >= 11 is 0. The fourth-order valence-electron chi connectivity index (χ4n) is 2.47. The van der Waals surface area contributed by atoms with E-state index in [1.807, 2.05) is 13.8 Å². The molecule has 3 atom stereocenters. The molecule has 0 aromatic carbocycles. The molecule has 3 N–H and O–H groups in total. The van der Waals surface area contributed by atoms with E-state index in [-0.39, 0.29) is 17.9 Å². The van der Waals surface area contributed by atoms with E-state index >= 15 is 0 Å². The highest BCUT2D eigenvalue weighted by Crippen LogP contribution is 2.26. The molecule has 0 aromatic heterocycles. The van der Waals surface area contributed by atoms with E-state index in [0.717, 1.165) is 12.8 Å². The molecule has 2 unspecified atom stereocenters. The molecule has 3 nitrogen and oxygen atoms in total. The van der Waals surface area contributed by atoms with Gasteiger partial charge in [-0.25, -0.2) is 0 Å². The van der Waals surface area contributed by atoms with Gasteiger partial charge in [0.1, 0.15) is 0 Å². The Morgan fingerprint density at radius 2 is 2.00 bits per heavy atom. The number of carbonyl (C=O) groups is 1. The molecular weight excluding hydrogens is 200 g/mol. The number of nitrogens with two attached hydrogens (primary N) is 1. The molecule has 94 valence electrons. The van der Waals surface area contributed by atoms with Crippen LogP contribution >= 0.6 is 0 Å². The van der Waals surface area contributed by atoms with Gasteiger partial charge in [-0.05, 0) is 24.7 Å². The molecule has 16 heavy (non-hydrogen) atoms. The minimum Gasteiger partial charge on any atom is -0.352 e. The van der Waals surface area contributed by atoms with Crippen LogP contribution in [0, 0.1) is 11.8 Å².